The molecule has 5 aromatic rings. The second-order valence-corrected chi connectivity index (χ2v) is 10.9. The summed E-state index contributed by atoms with van der Waals surface area (Å²) in [6, 6.07) is 11.1. The average Bonchev–Trinajstić information content (AvgIpc) is 3.58. The molecular weight excluding hydrogens is 558 g/mol. The summed E-state index contributed by atoms with van der Waals surface area (Å²) in [5.41, 5.74) is 11.2. The molecule has 10 nitrogen and oxygen atoms in total. The van der Waals surface area contributed by atoms with Gasteiger partial charge in [0.1, 0.15) is 5.82 Å². The molecule has 0 bridgehead atoms. The minimum absolute atomic E-state index is 0.0117. The molecule has 43 heavy (non-hydrogen) atoms. The Morgan fingerprint density at radius 2 is 1.98 bits per heavy atom. The highest BCUT2D eigenvalue weighted by atomic mass is 19.1. The Kier molecular flexibility index (Phi) is 6.68. The zero-order chi connectivity index (χ0) is 29.8. The average molecular weight is 587 g/mol. The minimum Gasteiger partial charge on any atom is -0.433 e. The van der Waals surface area contributed by atoms with Crippen LogP contribution in [0.4, 0.5) is 14.6 Å². The van der Waals surface area contributed by atoms with E-state index in [1.807, 2.05) is 12.1 Å². The van der Waals surface area contributed by atoms with Crippen LogP contribution in [0.15, 0.2) is 54.9 Å². The van der Waals surface area contributed by atoms with E-state index in [2.05, 4.69) is 26.0 Å². The van der Waals surface area contributed by atoms with Gasteiger partial charge in [-0.15, -0.1) is 0 Å². The van der Waals surface area contributed by atoms with E-state index in [1.165, 1.54) is 29.2 Å². The van der Waals surface area contributed by atoms with Crippen LogP contribution in [-0.2, 0) is 17.7 Å². The van der Waals surface area contributed by atoms with Crippen LogP contribution < -0.4 is 10.5 Å². The molecular formula is C31H28F2N6O4. The van der Waals surface area contributed by atoms with Gasteiger partial charge in [0.15, 0.2) is 11.6 Å². The Hall–Kier alpha value is -4.65. The lowest BCUT2D eigenvalue weighted by atomic mass is 9.90. The Bertz CT molecular complexity index is 1860. The van der Waals surface area contributed by atoms with Crippen molar-refractivity contribution in [2.24, 2.45) is 0 Å². The molecule has 0 spiro atoms. The number of aliphatic hydroxyl groups excluding tert-OH is 1. The number of nitrogens with one attached hydrogen (secondary N) is 1. The fourth-order valence-corrected chi connectivity index (χ4v) is 5.86. The molecule has 0 saturated carbocycles. The number of hydrogen-bond donors (Lipinski definition) is 3. The third-order valence-electron chi connectivity index (χ3n) is 8.29. The molecule has 2 aliphatic rings. The van der Waals surface area contributed by atoms with E-state index >= 15 is 0 Å². The van der Waals surface area contributed by atoms with E-state index in [9.17, 15) is 18.7 Å². The molecule has 7 rings (SSSR count). The summed E-state index contributed by atoms with van der Waals surface area (Å²) in [6.45, 7) is 3.77. The Morgan fingerprint density at radius 1 is 1.19 bits per heavy atom. The lowest BCUT2D eigenvalue weighted by Crippen LogP contribution is -2.56. The number of nitrogens with two attached hydrogens (primary N) is 1. The Labute approximate surface area is 244 Å². The molecule has 1 saturated heterocycles. The third-order valence-corrected chi connectivity index (χ3v) is 8.29. The number of fused-ring (bicyclic) bond motifs is 3. The topological polar surface area (TPSA) is 132 Å². The molecule has 12 heteroatoms. The van der Waals surface area contributed by atoms with Crippen molar-refractivity contribution in [3.05, 3.63) is 94.4 Å². The number of pyridine rings is 1. The van der Waals surface area contributed by atoms with Crippen molar-refractivity contribution in [2.75, 3.05) is 25.6 Å². The first-order chi connectivity index (χ1) is 20.8. The van der Waals surface area contributed by atoms with E-state index < -0.39 is 17.4 Å². The van der Waals surface area contributed by atoms with Crippen LogP contribution in [0.25, 0.3) is 16.6 Å². The molecule has 1 unspecified atom stereocenters. The molecule has 3 aromatic heterocycles. The number of ether oxygens (including phenoxy) is 2. The van der Waals surface area contributed by atoms with Crippen molar-refractivity contribution in [2.45, 2.75) is 32.0 Å². The van der Waals surface area contributed by atoms with Crippen LogP contribution >= 0.6 is 0 Å². The molecule has 2 aromatic carbocycles. The first kappa shape index (κ1) is 27.2. The number of hydrogen-bond acceptors (Lipinski definition) is 8. The second-order valence-electron chi connectivity index (χ2n) is 10.9. The van der Waals surface area contributed by atoms with E-state index in [-0.39, 0.29) is 41.7 Å². The number of H-pyrrole nitrogens is 1. The zero-order valence-corrected chi connectivity index (χ0v) is 23.2. The second kappa shape index (κ2) is 10.6. The number of carbonyl (C=O) groups excluding carboxylic acids is 1. The maximum atomic E-state index is 14.0. The van der Waals surface area contributed by atoms with Gasteiger partial charge in [0.2, 0.25) is 17.4 Å². The van der Waals surface area contributed by atoms with Crippen LogP contribution in [0.3, 0.4) is 0 Å². The van der Waals surface area contributed by atoms with E-state index in [0.717, 1.165) is 40.6 Å². The summed E-state index contributed by atoms with van der Waals surface area (Å²) in [5, 5.41) is 15.3. The van der Waals surface area contributed by atoms with Gasteiger partial charge in [-0.3, -0.25) is 9.69 Å². The SMILES string of the molecule is Cc1cc(Oc2c(F)cccc2F)ncc1-n1ncc(C(=O)c2cc3c4c(ccc3[nH]2)CC(CO)N(C2COC2)C4)c1N. The van der Waals surface area contributed by atoms with Crippen LogP contribution in [0.1, 0.15) is 32.7 Å². The first-order valence-corrected chi connectivity index (χ1v) is 13.9. The van der Waals surface area contributed by atoms with Gasteiger partial charge in [0.25, 0.3) is 0 Å². The highest BCUT2D eigenvalue weighted by molar-refractivity contribution is 6.12. The van der Waals surface area contributed by atoms with E-state index in [0.29, 0.717) is 36.7 Å². The summed E-state index contributed by atoms with van der Waals surface area (Å²) in [6.07, 6.45) is 3.54. The number of halogens is 2. The number of rotatable bonds is 7. The smallest absolute Gasteiger partial charge is 0.219 e. The molecule has 5 heterocycles. The molecule has 0 radical (unpaired) electrons. The van der Waals surface area contributed by atoms with Crippen molar-refractivity contribution in [1.29, 1.82) is 0 Å². The number of ketones is 1. The highest BCUT2D eigenvalue weighted by Gasteiger charge is 2.35. The van der Waals surface area contributed by atoms with Gasteiger partial charge in [-0.25, -0.2) is 18.4 Å². The van der Waals surface area contributed by atoms with Gasteiger partial charge in [0.05, 0.1) is 55.2 Å². The summed E-state index contributed by atoms with van der Waals surface area (Å²) in [7, 11) is 0. The largest absolute Gasteiger partial charge is 0.433 e. The Morgan fingerprint density at radius 3 is 2.67 bits per heavy atom. The highest BCUT2D eigenvalue weighted by Crippen LogP contribution is 2.34. The fraction of sp³-hybridized carbons (Fsp3) is 0.258. The van der Waals surface area contributed by atoms with Crippen LogP contribution in [0, 0.1) is 18.6 Å². The Balaban J connectivity index is 1.16. The van der Waals surface area contributed by atoms with Crippen LogP contribution in [0.5, 0.6) is 11.6 Å². The predicted molar refractivity (Wildman–Crippen MR) is 153 cm³/mol. The number of anilines is 1. The number of carbonyl (C=O) groups is 1. The number of aliphatic hydroxyl groups is 1. The fourth-order valence-electron chi connectivity index (χ4n) is 5.86. The molecule has 0 amide bonds. The lowest BCUT2D eigenvalue weighted by Gasteiger charge is -2.44. The zero-order valence-electron chi connectivity index (χ0n) is 23.2. The van der Waals surface area contributed by atoms with Gasteiger partial charge >= 0.3 is 0 Å². The number of aromatic amines is 1. The molecule has 1 atom stereocenters. The summed E-state index contributed by atoms with van der Waals surface area (Å²) in [4.78, 5) is 23.4. The summed E-state index contributed by atoms with van der Waals surface area (Å²) >= 11 is 0. The normalized spacial score (nSPS) is 17.2. The number of aromatic nitrogens is 4. The van der Waals surface area contributed by atoms with Crippen molar-refractivity contribution in [3.63, 3.8) is 0 Å². The number of para-hydroxylation sites is 1. The molecule has 1 fully saturated rings. The maximum Gasteiger partial charge on any atom is 0.219 e. The molecule has 0 aliphatic carbocycles. The predicted octanol–water partition coefficient (Wildman–Crippen LogP) is 4.06. The quantitative estimate of drug-likeness (QED) is 0.244. The summed E-state index contributed by atoms with van der Waals surface area (Å²) in [5.74, 6) is -2.46. The van der Waals surface area contributed by atoms with Gasteiger partial charge in [0, 0.05) is 29.6 Å². The number of benzene rings is 2. The van der Waals surface area contributed by atoms with Crippen LogP contribution in [-0.4, -0.2) is 67.4 Å². The third kappa shape index (κ3) is 4.63. The van der Waals surface area contributed by atoms with Crippen LogP contribution in [0.2, 0.25) is 0 Å². The molecule has 220 valence electrons. The maximum absolute atomic E-state index is 14.0. The monoisotopic (exact) mass is 586 g/mol. The van der Waals surface area contributed by atoms with Crippen molar-refractivity contribution in [1.82, 2.24) is 24.6 Å². The van der Waals surface area contributed by atoms with Gasteiger partial charge in [-0.1, -0.05) is 12.1 Å². The number of nitrogen functional groups attached to an aromatic ring is 1. The van der Waals surface area contributed by atoms with Gasteiger partial charge in [-0.05, 0) is 54.3 Å². The van der Waals surface area contributed by atoms with Gasteiger partial charge in [-0.2, -0.15) is 5.10 Å². The van der Waals surface area contributed by atoms with Crippen molar-refractivity contribution < 1.29 is 28.2 Å². The molecule has 2 aliphatic heterocycles. The van der Waals surface area contributed by atoms with Gasteiger partial charge < -0.3 is 25.3 Å². The van der Waals surface area contributed by atoms with E-state index in [4.69, 9.17) is 15.2 Å². The summed E-state index contributed by atoms with van der Waals surface area (Å²) < 4.78 is 40.2. The standard InChI is InChI=1S/C31H28F2N6O4/c1-16-7-28(43-30-23(32)3-2-4-24(30)33)35-11-27(16)39-31(34)21(10-36-39)29(41)26-9-20-22-12-38(19-14-42-15-19)18(13-40)8-17(22)5-6-25(20)37-26/h2-7,9-11,18-19,37,40H,8,12-15,34H2,1H3. The van der Waals surface area contributed by atoms with E-state index in [1.54, 1.807) is 6.92 Å². The van der Waals surface area contributed by atoms with Crippen molar-refractivity contribution >= 4 is 22.5 Å². The van der Waals surface area contributed by atoms with Crippen molar-refractivity contribution in [3.8, 4) is 17.3 Å². The number of nitrogens with zero attached hydrogens (tertiary/aromatic N) is 4. The number of aryl methyl sites for hydroxylation is 1. The minimum atomic E-state index is -0.847. The molecule has 4 N–H and O–H groups in total. The lowest BCUT2D eigenvalue weighted by molar-refractivity contribution is -0.0919. The first-order valence-electron chi connectivity index (χ1n) is 13.9.